The van der Waals surface area contributed by atoms with Crippen LogP contribution in [-0.2, 0) is 5.41 Å². The van der Waals surface area contributed by atoms with Crippen molar-refractivity contribution in [3.8, 4) is 0 Å². The second-order valence-electron chi connectivity index (χ2n) is 5.55. The second kappa shape index (κ2) is 6.55. The van der Waals surface area contributed by atoms with E-state index in [4.69, 9.17) is 5.73 Å². The minimum Gasteiger partial charge on any atom is -0.352 e. The van der Waals surface area contributed by atoms with Gasteiger partial charge in [-0.3, -0.25) is 4.79 Å². The molecule has 0 aliphatic carbocycles. The monoisotopic (exact) mass is 248 g/mol. The van der Waals surface area contributed by atoms with E-state index in [1.807, 2.05) is 24.3 Å². The molecule has 1 aromatic carbocycles. The van der Waals surface area contributed by atoms with Crippen molar-refractivity contribution in [3.63, 3.8) is 0 Å². The molecule has 1 rings (SSSR count). The number of rotatable bonds is 5. The van der Waals surface area contributed by atoms with Gasteiger partial charge in [0.25, 0.3) is 5.91 Å². The van der Waals surface area contributed by atoms with E-state index in [0.717, 1.165) is 24.0 Å². The standard InChI is InChI=1S/C15H24N2O/c1-15(2,3)13-9-5-4-8-12(13)14(18)17-11-7-6-10-16/h4-5,8-9H,6-7,10-11,16H2,1-3H3,(H,17,18). The highest BCUT2D eigenvalue weighted by molar-refractivity contribution is 5.96. The van der Waals surface area contributed by atoms with Gasteiger partial charge < -0.3 is 11.1 Å². The lowest BCUT2D eigenvalue weighted by atomic mass is 9.83. The van der Waals surface area contributed by atoms with Crippen LogP contribution in [0.1, 0.15) is 49.5 Å². The number of carbonyl (C=O) groups is 1. The molecule has 1 amide bonds. The molecule has 0 saturated carbocycles. The predicted octanol–water partition coefficient (Wildman–Crippen LogP) is 2.45. The molecule has 0 aromatic heterocycles. The molecule has 18 heavy (non-hydrogen) atoms. The van der Waals surface area contributed by atoms with E-state index in [0.29, 0.717) is 13.1 Å². The number of amides is 1. The Morgan fingerprint density at radius 2 is 1.89 bits per heavy atom. The van der Waals surface area contributed by atoms with Gasteiger partial charge in [0.15, 0.2) is 0 Å². The number of hydrogen-bond donors (Lipinski definition) is 2. The van der Waals surface area contributed by atoms with Crippen LogP contribution in [-0.4, -0.2) is 19.0 Å². The Balaban J connectivity index is 2.74. The highest BCUT2D eigenvalue weighted by atomic mass is 16.1. The Kier molecular flexibility index (Phi) is 5.35. The van der Waals surface area contributed by atoms with Crippen LogP contribution < -0.4 is 11.1 Å². The maximum Gasteiger partial charge on any atom is 0.251 e. The number of benzene rings is 1. The molecular formula is C15H24N2O. The summed E-state index contributed by atoms with van der Waals surface area (Å²) in [7, 11) is 0. The van der Waals surface area contributed by atoms with Crippen LogP contribution in [0.4, 0.5) is 0 Å². The van der Waals surface area contributed by atoms with Crippen LogP contribution in [0.25, 0.3) is 0 Å². The van der Waals surface area contributed by atoms with Gasteiger partial charge in [-0.2, -0.15) is 0 Å². The average Bonchev–Trinajstić information content (AvgIpc) is 2.33. The minimum atomic E-state index is -0.0226. The van der Waals surface area contributed by atoms with Crippen LogP contribution in [0, 0.1) is 0 Å². The highest BCUT2D eigenvalue weighted by Crippen LogP contribution is 2.25. The minimum absolute atomic E-state index is 0.0116. The van der Waals surface area contributed by atoms with Crippen molar-refractivity contribution >= 4 is 5.91 Å². The molecule has 3 N–H and O–H groups in total. The summed E-state index contributed by atoms with van der Waals surface area (Å²) >= 11 is 0. The summed E-state index contributed by atoms with van der Waals surface area (Å²) < 4.78 is 0. The largest absolute Gasteiger partial charge is 0.352 e. The summed E-state index contributed by atoms with van der Waals surface area (Å²) in [5.41, 5.74) is 7.26. The first-order valence-corrected chi connectivity index (χ1v) is 6.54. The Morgan fingerprint density at radius 1 is 1.22 bits per heavy atom. The average molecular weight is 248 g/mol. The lowest BCUT2D eigenvalue weighted by Crippen LogP contribution is -2.28. The third-order valence-corrected chi connectivity index (χ3v) is 2.90. The van der Waals surface area contributed by atoms with Crippen LogP contribution in [0.3, 0.4) is 0 Å². The summed E-state index contributed by atoms with van der Waals surface area (Å²) in [6.45, 7) is 7.72. The van der Waals surface area contributed by atoms with Gasteiger partial charge in [-0.25, -0.2) is 0 Å². The van der Waals surface area contributed by atoms with Crippen molar-refractivity contribution in [1.82, 2.24) is 5.32 Å². The van der Waals surface area contributed by atoms with Gasteiger partial charge >= 0.3 is 0 Å². The van der Waals surface area contributed by atoms with E-state index in [1.54, 1.807) is 0 Å². The van der Waals surface area contributed by atoms with Crippen LogP contribution in [0.5, 0.6) is 0 Å². The van der Waals surface area contributed by atoms with E-state index in [9.17, 15) is 4.79 Å². The van der Waals surface area contributed by atoms with Crippen molar-refractivity contribution in [3.05, 3.63) is 35.4 Å². The molecule has 0 aliphatic rings. The Hall–Kier alpha value is -1.35. The Bertz CT molecular complexity index is 394. The van der Waals surface area contributed by atoms with E-state index in [2.05, 4.69) is 26.1 Å². The first-order valence-electron chi connectivity index (χ1n) is 6.54. The molecule has 0 fully saturated rings. The van der Waals surface area contributed by atoms with Gasteiger partial charge in [0.1, 0.15) is 0 Å². The second-order valence-corrected chi connectivity index (χ2v) is 5.55. The summed E-state index contributed by atoms with van der Waals surface area (Å²) in [5.74, 6) is 0.0116. The number of nitrogens with one attached hydrogen (secondary N) is 1. The first-order chi connectivity index (χ1) is 8.46. The summed E-state index contributed by atoms with van der Waals surface area (Å²) in [4.78, 5) is 12.1. The maximum atomic E-state index is 12.1. The molecule has 100 valence electrons. The zero-order chi connectivity index (χ0) is 13.6. The highest BCUT2D eigenvalue weighted by Gasteiger charge is 2.20. The van der Waals surface area contributed by atoms with Crippen molar-refractivity contribution in [2.45, 2.75) is 39.0 Å². The van der Waals surface area contributed by atoms with Gasteiger partial charge in [0.05, 0.1) is 0 Å². The third kappa shape index (κ3) is 4.15. The van der Waals surface area contributed by atoms with Crippen molar-refractivity contribution in [2.75, 3.05) is 13.1 Å². The number of unbranched alkanes of at least 4 members (excludes halogenated alkanes) is 1. The molecule has 0 spiro atoms. The molecule has 0 radical (unpaired) electrons. The third-order valence-electron chi connectivity index (χ3n) is 2.90. The summed E-state index contributed by atoms with van der Waals surface area (Å²) in [5, 5.41) is 2.95. The number of hydrogen-bond acceptors (Lipinski definition) is 2. The fourth-order valence-electron chi connectivity index (χ4n) is 1.90. The Labute approximate surface area is 110 Å². The van der Waals surface area contributed by atoms with Crippen LogP contribution in [0.15, 0.2) is 24.3 Å². The fourth-order valence-corrected chi connectivity index (χ4v) is 1.90. The quantitative estimate of drug-likeness (QED) is 0.786. The normalized spacial score (nSPS) is 11.3. The number of carbonyl (C=O) groups excluding carboxylic acids is 1. The van der Waals surface area contributed by atoms with E-state index in [1.165, 1.54) is 0 Å². The molecule has 0 aliphatic heterocycles. The molecular weight excluding hydrogens is 224 g/mol. The smallest absolute Gasteiger partial charge is 0.251 e. The van der Waals surface area contributed by atoms with Gasteiger partial charge in [-0.05, 0) is 36.4 Å². The predicted molar refractivity (Wildman–Crippen MR) is 75.8 cm³/mol. The van der Waals surface area contributed by atoms with Crippen LogP contribution >= 0.6 is 0 Å². The van der Waals surface area contributed by atoms with E-state index in [-0.39, 0.29) is 11.3 Å². The van der Waals surface area contributed by atoms with Crippen molar-refractivity contribution < 1.29 is 4.79 Å². The molecule has 0 saturated heterocycles. The molecule has 0 bridgehead atoms. The number of nitrogens with two attached hydrogens (primary N) is 1. The molecule has 3 heteroatoms. The molecule has 0 atom stereocenters. The van der Waals surface area contributed by atoms with Crippen molar-refractivity contribution in [2.24, 2.45) is 5.73 Å². The lowest BCUT2D eigenvalue weighted by Gasteiger charge is -2.22. The van der Waals surface area contributed by atoms with Gasteiger partial charge in [-0.15, -0.1) is 0 Å². The zero-order valence-corrected chi connectivity index (χ0v) is 11.6. The molecule has 0 heterocycles. The fraction of sp³-hybridized carbons (Fsp3) is 0.533. The molecule has 0 unspecified atom stereocenters. The van der Waals surface area contributed by atoms with Crippen LogP contribution in [0.2, 0.25) is 0 Å². The van der Waals surface area contributed by atoms with Crippen molar-refractivity contribution in [1.29, 1.82) is 0 Å². The molecule has 3 nitrogen and oxygen atoms in total. The van der Waals surface area contributed by atoms with Gasteiger partial charge in [0, 0.05) is 12.1 Å². The topological polar surface area (TPSA) is 55.1 Å². The first kappa shape index (κ1) is 14.7. The molecule has 1 aromatic rings. The van der Waals surface area contributed by atoms with E-state index >= 15 is 0 Å². The summed E-state index contributed by atoms with van der Waals surface area (Å²) in [6, 6.07) is 7.80. The Morgan fingerprint density at radius 3 is 2.50 bits per heavy atom. The summed E-state index contributed by atoms with van der Waals surface area (Å²) in [6.07, 6.45) is 1.88. The maximum absolute atomic E-state index is 12.1. The van der Waals surface area contributed by atoms with Gasteiger partial charge in [0.2, 0.25) is 0 Å². The van der Waals surface area contributed by atoms with E-state index < -0.39 is 0 Å². The zero-order valence-electron chi connectivity index (χ0n) is 11.6. The van der Waals surface area contributed by atoms with Gasteiger partial charge in [-0.1, -0.05) is 39.0 Å². The lowest BCUT2D eigenvalue weighted by molar-refractivity contribution is 0.0951. The SMILES string of the molecule is CC(C)(C)c1ccccc1C(=O)NCCCCN.